The van der Waals surface area contributed by atoms with Gasteiger partial charge in [0.05, 0.1) is 10.8 Å². The van der Waals surface area contributed by atoms with E-state index in [0.29, 0.717) is 11.7 Å². The topological polar surface area (TPSA) is 74.7 Å². The fraction of sp³-hybridized carbons (Fsp3) is 0.462. The highest BCUT2D eigenvalue weighted by molar-refractivity contribution is 8.00. The van der Waals surface area contributed by atoms with E-state index in [1.165, 1.54) is 11.8 Å². The Bertz CT molecular complexity index is 595. The Morgan fingerprint density at radius 1 is 1.35 bits per heavy atom. The number of aliphatic carboxylic acids is 1. The second-order valence-electron chi connectivity index (χ2n) is 4.97. The van der Waals surface area contributed by atoms with Crippen molar-refractivity contribution < 1.29 is 18.3 Å². The second-order valence-corrected chi connectivity index (χ2v) is 7.86. The third kappa shape index (κ3) is 2.84. The molecule has 1 saturated heterocycles. The minimum absolute atomic E-state index is 0.149. The Kier molecular flexibility index (Phi) is 4.41. The van der Waals surface area contributed by atoms with Crippen LogP contribution in [0.2, 0.25) is 0 Å². The molecule has 5 nitrogen and oxygen atoms in total. The molecule has 0 radical (unpaired) electrons. The van der Waals surface area contributed by atoms with E-state index in [4.69, 9.17) is 5.11 Å². The highest BCUT2D eigenvalue weighted by Crippen LogP contribution is 2.29. The molecule has 1 aliphatic rings. The molecule has 0 spiro atoms. The Morgan fingerprint density at radius 3 is 2.45 bits per heavy atom. The van der Waals surface area contributed by atoms with E-state index in [9.17, 15) is 13.2 Å². The largest absolute Gasteiger partial charge is 0.480 e. The molecule has 0 aromatic heterocycles. The molecular formula is C13H17NO4S2. The summed E-state index contributed by atoms with van der Waals surface area (Å²) in [6.07, 6.45) is 0. The number of hydrogen-bond acceptors (Lipinski definition) is 4. The van der Waals surface area contributed by atoms with Gasteiger partial charge in [0.15, 0.2) is 0 Å². The Hall–Kier alpha value is -1.05. The number of carboxylic acids is 1. The van der Waals surface area contributed by atoms with Crippen LogP contribution in [0.25, 0.3) is 0 Å². The van der Waals surface area contributed by atoms with Crippen LogP contribution in [0.3, 0.4) is 0 Å². The number of thioether (sulfide) groups is 1. The summed E-state index contributed by atoms with van der Waals surface area (Å²) < 4.78 is 26.0. The average molecular weight is 315 g/mol. The summed E-state index contributed by atoms with van der Waals surface area (Å²) in [5, 5.41) is 9.09. The summed E-state index contributed by atoms with van der Waals surface area (Å²) in [5.41, 5.74) is 1.05. The molecule has 2 rings (SSSR count). The van der Waals surface area contributed by atoms with Gasteiger partial charge in [-0.15, -0.1) is 11.8 Å². The maximum Gasteiger partial charge on any atom is 0.322 e. The smallest absolute Gasteiger partial charge is 0.322 e. The SMILES string of the molecule is CC(C)c1ccc(S(=O)(=O)N2CSCC2C(=O)O)cc1. The number of nitrogens with zero attached hydrogens (tertiary/aromatic N) is 1. The molecule has 1 N–H and O–H groups in total. The molecule has 0 bridgehead atoms. The van der Waals surface area contributed by atoms with Crippen LogP contribution in [-0.2, 0) is 14.8 Å². The van der Waals surface area contributed by atoms with Crippen LogP contribution in [0.4, 0.5) is 0 Å². The van der Waals surface area contributed by atoms with Crippen molar-refractivity contribution in [1.29, 1.82) is 0 Å². The van der Waals surface area contributed by atoms with Crippen molar-refractivity contribution in [1.82, 2.24) is 4.31 Å². The summed E-state index contributed by atoms with van der Waals surface area (Å²) in [4.78, 5) is 11.3. The van der Waals surface area contributed by atoms with Crippen LogP contribution < -0.4 is 0 Å². The van der Waals surface area contributed by atoms with Gasteiger partial charge in [0.1, 0.15) is 6.04 Å². The van der Waals surface area contributed by atoms with Crippen molar-refractivity contribution in [3.63, 3.8) is 0 Å². The van der Waals surface area contributed by atoms with Crippen LogP contribution in [0.15, 0.2) is 29.2 Å². The molecular weight excluding hydrogens is 298 g/mol. The van der Waals surface area contributed by atoms with Crippen LogP contribution >= 0.6 is 11.8 Å². The minimum atomic E-state index is -3.74. The van der Waals surface area contributed by atoms with Gasteiger partial charge in [-0.1, -0.05) is 26.0 Å². The molecule has 1 fully saturated rings. The summed E-state index contributed by atoms with van der Waals surface area (Å²) in [6, 6.07) is 5.67. The van der Waals surface area contributed by atoms with E-state index in [2.05, 4.69) is 0 Å². The van der Waals surface area contributed by atoms with Crippen molar-refractivity contribution in [2.75, 3.05) is 11.6 Å². The molecule has 1 aromatic carbocycles. The van der Waals surface area contributed by atoms with E-state index in [1.807, 2.05) is 13.8 Å². The van der Waals surface area contributed by atoms with Crippen molar-refractivity contribution >= 4 is 27.8 Å². The molecule has 20 heavy (non-hydrogen) atoms. The van der Waals surface area contributed by atoms with Gasteiger partial charge in [-0.05, 0) is 23.6 Å². The zero-order valence-corrected chi connectivity index (χ0v) is 12.9. The molecule has 0 saturated carbocycles. The molecule has 1 unspecified atom stereocenters. The van der Waals surface area contributed by atoms with E-state index in [-0.39, 0.29) is 10.8 Å². The molecule has 110 valence electrons. The Morgan fingerprint density at radius 2 is 1.95 bits per heavy atom. The van der Waals surface area contributed by atoms with E-state index < -0.39 is 22.0 Å². The first-order valence-electron chi connectivity index (χ1n) is 6.26. The number of hydrogen-bond donors (Lipinski definition) is 1. The first-order valence-corrected chi connectivity index (χ1v) is 8.86. The molecule has 1 atom stereocenters. The third-order valence-electron chi connectivity index (χ3n) is 3.28. The van der Waals surface area contributed by atoms with Gasteiger partial charge in [0.25, 0.3) is 0 Å². The minimum Gasteiger partial charge on any atom is -0.480 e. The number of carboxylic acid groups (broad SMARTS) is 1. The van der Waals surface area contributed by atoms with Gasteiger partial charge in [-0.2, -0.15) is 4.31 Å². The highest BCUT2D eigenvalue weighted by atomic mass is 32.2. The van der Waals surface area contributed by atoms with Gasteiger partial charge in [-0.3, -0.25) is 4.79 Å². The number of benzene rings is 1. The van der Waals surface area contributed by atoms with Crippen LogP contribution in [0.5, 0.6) is 0 Å². The van der Waals surface area contributed by atoms with Crippen molar-refractivity contribution in [2.45, 2.75) is 30.7 Å². The maximum atomic E-state index is 12.5. The standard InChI is InChI=1S/C13H17NO4S2/c1-9(2)10-3-5-11(6-4-10)20(17,18)14-8-19-7-12(14)13(15)16/h3-6,9,12H,7-8H2,1-2H3,(H,15,16). The van der Waals surface area contributed by atoms with Gasteiger partial charge in [0.2, 0.25) is 10.0 Å². The molecule has 1 aliphatic heterocycles. The maximum absolute atomic E-state index is 12.5. The van der Waals surface area contributed by atoms with E-state index >= 15 is 0 Å². The van der Waals surface area contributed by atoms with Crippen LogP contribution in [-0.4, -0.2) is 41.5 Å². The van der Waals surface area contributed by atoms with Gasteiger partial charge in [-0.25, -0.2) is 8.42 Å². The van der Waals surface area contributed by atoms with Gasteiger partial charge in [0, 0.05) is 5.75 Å². The summed E-state index contributed by atoms with van der Waals surface area (Å²) in [5.74, 6) is -0.303. The summed E-state index contributed by atoms with van der Waals surface area (Å²) in [7, 11) is -3.74. The fourth-order valence-corrected chi connectivity index (χ4v) is 5.15. The van der Waals surface area contributed by atoms with E-state index in [0.717, 1.165) is 9.87 Å². The normalized spacial score (nSPS) is 20.4. The van der Waals surface area contributed by atoms with E-state index in [1.54, 1.807) is 24.3 Å². The summed E-state index contributed by atoms with van der Waals surface area (Å²) >= 11 is 1.31. The zero-order chi connectivity index (χ0) is 14.9. The van der Waals surface area contributed by atoms with Crippen LogP contribution in [0, 0.1) is 0 Å². The number of sulfonamides is 1. The van der Waals surface area contributed by atoms with Crippen molar-refractivity contribution in [3.8, 4) is 0 Å². The lowest BCUT2D eigenvalue weighted by Crippen LogP contribution is -2.41. The Balaban J connectivity index is 2.32. The zero-order valence-electron chi connectivity index (χ0n) is 11.3. The molecule has 1 aromatic rings. The molecule has 0 aliphatic carbocycles. The highest BCUT2D eigenvalue weighted by Gasteiger charge is 2.39. The third-order valence-corrected chi connectivity index (χ3v) is 6.32. The lowest BCUT2D eigenvalue weighted by atomic mass is 10.0. The monoisotopic (exact) mass is 315 g/mol. The molecule has 1 heterocycles. The van der Waals surface area contributed by atoms with Gasteiger partial charge < -0.3 is 5.11 Å². The van der Waals surface area contributed by atoms with Gasteiger partial charge >= 0.3 is 5.97 Å². The molecule has 0 amide bonds. The van der Waals surface area contributed by atoms with Crippen LogP contribution in [0.1, 0.15) is 25.3 Å². The first-order chi connectivity index (χ1) is 9.34. The molecule has 7 heteroatoms. The first kappa shape index (κ1) is 15.3. The summed E-state index contributed by atoms with van der Waals surface area (Å²) in [6.45, 7) is 4.06. The number of carbonyl (C=O) groups is 1. The quantitative estimate of drug-likeness (QED) is 0.919. The average Bonchev–Trinajstić information content (AvgIpc) is 2.89. The predicted octanol–water partition coefficient (Wildman–Crippen LogP) is 1.96. The predicted molar refractivity (Wildman–Crippen MR) is 78.3 cm³/mol. The second kappa shape index (κ2) is 5.75. The lowest BCUT2D eigenvalue weighted by Gasteiger charge is -2.20. The lowest BCUT2D eigenvalue weighted by molar-refractivity contribution is -0.140. The Labute approximate surface area is 123 Å². The van der Waals surface area contributed by atoms with Crippen molar-refractivity contribution in [2.24, 2.45) is 0 Å². The fourth-order valence-electron chi connectivity index (χ4n) is 2.02. The number of rotatable bonds is 4. The van der Waals surface area contributed by atoms with Crippen molar-refractivity contribution in [3.05, 3.63) is 29.8 Å².